The Hall–Kier alpha value is -3.34. The maximum atomic E-state index is 13.1. The van der Waals surface area contributed by atoms with Crippen molar-refractivity contribution in [1.29, 1.82) is 0 Å². The molecule has 10 nitrogen and oxygen atoms in total. The number of ether oxygens (including phenoxy) is 3. The molecule has 1 aliphatic carbocycles. The molecule has 4 N–H and O–H groups in total. The SMILES string of the molecule is CO[C@H]1[C@@H](OC)C[C@H](C)[C@@H](O)C2=CC(=O)C=C(NC(=O)/C(C)=C/C=C\[C@H](C)C(OC(N)=O)/C(C)=C/[C@@H]1C)C2=O. The van der Waals surface area contributed by atoms with Crippen LogP contribution in [-0.2, 0) is 28.6 Å². The number of aliphatic hydroxyl groups is 1. The Balaban J connectivity index is 2.59. The van der Waals surface area contributed by atoms with E-state index in [0.29, 0.717) is 6.42 Å². The maximum Gasteiger partial charge on any atom is 0.405 e. The molecule has 1 aliphatic heterocycles. The average molecular weight is 545 g/mol. The lowest BCUT2D eigenvalue weighted by atomic mass is 9.84. The van der Waals surface area contributed by atoms with Gasteiger partial charge in [0, 0.05) is 43.3 Å². The van der Waals surface area contributed by atoms with Gasteiger partial charge >= 0.3 is 6.09 Å². The fraction of sp³-hybridized carbons (Fsp3) is 0.517. The Morgan fingerprint density at radius 1 is 1.05 bits per heavy atom. The van der Waals surface area contributed by atoms with Gasteiger partial charge in [0.25, 0.3) is 5.91 Å². The first-order valence-corrected chi connectivity index (χ1v) is 12.9. The molecular formula is C29H40N2O8. The zero-order valence-corrected chi connectivity index (χ0v) is 23.6. The lowest BCUT2D eigenvalue weighted by molar-refractivity contribution is -0.120. The Kier molecular flexibility index (Phi) is 11.6. The minimum absolute atomic E-state index is 0.0994. The van der Waals surface area contributed by atoms with E-state index < -0.39 is 53.9 Å². The molecule has 0 saturated carbocycles. The summed E-state index contributed by atoms with van der Waals surface area (Å²) in [5.41, 5.74) is 6.05. The van der Waals surface area contributed by atoms with Crippen molar-refractivity contribution in [3.05, 3.63) is 58.9 Å². The second-order valence-electron chi connectivity index (χ2n) is 10.2. The highest BCUT2D eigenvalue weighted by atomic mass is 16.6. The van der Waals surface area contributed by atoms with E-state index in [-0.39, 0.29) is 28.7 Å². The Bertz CT molecular complexity index is 1120. The molecule has 39 heavy (non-hydrogen) atoms. The summed E-state index contributed by atoms with van der Waals surface area (Å²) in [4.78, 5) is 49.9. The van der Waals surface area contributed by atoms with Crippen molar-refractivity contribution in [2.45, 2.75) is 65.5 Å². The van der Waals surface area contributed by atoms with Crippen LogP contribution < -0.4 is 11.1 Å². The highest BCUT2D eigenvalue weighted by Gasteiger charge is 2.35. The predicted octanol–water partition coefficient (Wildman–Crippen LogP) is 2.68. The van der Waals surface area contributed by atoms with E-state index >= 15 is 0 Å². The molecule has 0 radical (unpaired) electrons. The fourth-order valence-electron chi connectivity index (χ4n) is 4.92. The number of rotatable bonds is 3. The summed E-state index contributed by atoms with van der Waals surface area (Å²) >= 11 is 0. The van der Waals surface area contributed by atoms with Crippen molar-refractivity contribution in [3.63, 3.8) is 0 Å². The van der Waals surface area contributed by atoms with Crippen LogP contribution in [0, 0.1) is 17.8 Å². The summed E-state index contributed by atoms with van der Waals surface area (Å²) in [7, 11) is 3.08. The van der Waals surface area contributed by atoms with Gasteiger partial charge in [0.2, 0.25) is 5.78 Å². The maximum absolute atomic E-state index is 13.1. The van der Waals surface area contributed by atoms with Gasteiger partial charge in [0.15, 0.2) is 5.78 Å². The van der Waals surface area contributed by atoms with Crippen molar-refractivity contribution >= 4 is 23.6 Å². The number of nitrogens with two attached hydrogens (primary N) is 1. The third kappa shape index (κ3) is 8.32. The van der Waals surface area contributed by atoms with Gasteiger partial charge in [-0.3, -0.25) is 14.4 Å². The number of ketones is 2. The van der Waals surface area contributed by atoms with Gasteiger partial charge in [-0.15, -0.1) is 0 Å². The first kappa shape index (κ1) is 31.9. The number of nitrogens with one attached hydrogen (secondary N) is 1. The van der Waals surface area contributed by atoms with Gasteiger partial charge in [-0.2, -0.15) is 0 Å². The summed E-state index contributed by atoms with van der Waals surface area (Å²) in [5.74, 6) is -2.76. The van der Waals surface area contributed by atoms with Crippen molar-refractivity contribution in [3.8, 4) is 0 Å². The summed E-state index contributed by atoms with van der Waals surface area (Å²) in [6.45, 7) is 8.90. The van der Waals surface area contributed by atoms with Crippen molar-refractivity contribution < 1.29 is 38.5 Å². The number of allylic oxidation sites excluding steroid dienone is 5. The summed E-state index contributed by atoms with van der Waals surface area (Å²) in [6, 6.07) is 0. The van der Waals surface area contributed by atoms with E-state index in [0.717, 1.165) is 17.7 Å². The average Bonchev–Trinajstić information content (AvgIpc) is 2.87. The molecule has 0 aromatic carbocycles. The first-order chi connectivity index (χ1) is 18.3. The zero-order valence-electron chi connectivity index (χ0n) is 23.6. The van der Waals surface area contributed by atoms with Crippen LogP contribution in [0.25, 0.3) is 0 Å². The zero-order chi connectivity index (χ0) is 29.4. The number of methoxy groups -OCH3 is 2. The molecule has 0 saturated heterocycles. The van der Waals surface area contributed by atoms with Gasteiger partial charge in [-0.05, 0) is 37.8 Å². The van der Waals surface area contributed by atoms with Gasteiger partial charge in [-0.25, -0.2) is 4.79 Å². The summed E-state index contributed by atoms with van der Waals surface area (Å²) in [6.07, 6.45) is 5.45. The smallest absolute Gasteiger partial charge is 0.405 e. The molecule has 2 aliphatic rings. The predicted molar refractivity (Wildman–Crippen MR) is 145 cm³/mol. The highest BCUT2D eigenvalue weighted by molar-refractivity contribution is 6.22. The molecule has 2 amide bonds. The monoisotopic (exact) mass is 544 g/mol. The number of carbonyl (C=O) groups is 4. The van der Waals surface area contributed by atoms with E-state index in [4.69, 9.17) is 19.9 Å². The summed E-state index contributed by atoms with van der Waals surface area (Å²) < 4.78 is 16.9. The van der Waals surface area contributed by atoms with Crippen LogP contribution >= 0.6 is 0 Å². The van der Waals surface area contributed by atoms with Crippen LogP contribution in [0.2, 0.25) is 0 Å². The van der Waals surface area contributed by atoms with Crippen LogP contribution in [-0.4, -0.2) is 67.3 Å². The number of aliphatic hydroxyl groups excluding tert-OH is 1. The second-order valence-corrected chi connectivity index (χ2v) is 10.2. The number of hydrogen-bond donors (Lipinski definition) is 3. The van der Waals surface area contributed by atoms with Gasteiger partial charge in [0.1, 0.15) is 6.10 Å². The normalized spacial score (nSPS) is 35.0. The molecular weight excluding hydrogens is 504 g/mol. The van der Waals surface area contributed by atoms with Crippen LogP contribution in [0.1, 0.15) is 41.0 Å². The minimum atomic E-state index is -1.29. The molecule has 1 heterocycles. The molecule has 2 rings (SSSR count). The molecule has 0 spiro atoms. The lowest BCUT2D eigenvalue weighted by Gasteiger charge is -2.33. The molecule has 0 fully saturated rings. The highest BCUT2D eigenvalue weighted by Crippen LogP contribution is 2.29. The quantitative estimate of drug-likeness (QED) is 0.362. The topological polar surface area (TPSA) is 154 Å². The number of Topliss-reactive ketones (excluding diaryl/α,β-unsaturated/α-hetero) is 1. The third-order valence-electron chi connectivity index (χ3n) is 7.07. The Morgan fingerprint density at radius 2 is 1.72 bits per heavy atom. The fourth-order valence-corrected chi connectivity index (χ4v) is 4.92. The first-order valence-electron chi connectivity index (χ1n) is 12.9. The van der Waals surface area contributed by atoms with Crippen molar-refractivity contribution in [1.82, 2.24) is 5.32 Å². The van der Waals surface area contributed by atoms with E-state index in [2.05, 4.69) is 5.32 Å². The second kappa shape index (κ2) is 14.2. The van der Waals surface area contributed by atoms with E-state index in [1.165, 1.54) is 13.2 Å². The van der Waals surface area contributed by atoms with Crippen LogP contribution in [0.3, 0.4) is 0 Å². The molecule has 1 unspecified atom stereocenters. The van der Waals surface area contributed by atoms with Crippen LogP contribution in [0.5, 0.6) is 0 Å². The lowest BCUT2D eigenvalue weighted by Crippen LogP contribution is -2.40. The number of amides is 2. The van der Waals surface area contributed by atoms with Gasteiger partial charge < -0.3 is 30.4 Å². The van der Waals surface area contributed by atoms with E-state index in [9.17, 15) is 24.3 Å². The molecule has 7 atom stereocenters. The number of primary amides is 1. The third-order valence-corrected chi connectivity index (χ3v) is 7.07. The van der Waals surface area contributed by atoms with Crippen LogP contribution in [0.4, 0.5) is 4.79 Å². The van der Waals surface area contributed by atoms with Crippen molar-refractivity contribution in [2.24, 2.45) is 23.5 Å². The largest absolute Gasteiger partial charge is 0.441 e. The summed E-state index contributed by atoms with van der Waals surface area (Å²) in [5, 5.41) is 13.6. The van der Waals surface area contributed by atoms with E-state index in [1.807, 2.05) is 26.8 Å². The standard InChI is InChI=1S/C29H40N2O8/c1-15-9-8-10-16(2)28(35)31-22-14-20(32)13-21(25(22)34)24(33)17(3)12-23(37-6)27(38-7)19(5)11-18(4)26(15)39-29(30)36/h8-11,13-15,17,19,23-24,26-27,33H,12H2,1-7H3,(H2,30,36)(H,31,35)/b9-8-,16-10+,18-11+/t15-,17-,19-,23-,24+,26?,27+/m0/s1. The van der Waals surface area contributed by atoms with Crippen LogP contribution in [0.15, 0.2) is 58.9 Å². The Morgan fingerprint density at radius 3 is 2.31 bits per heavy atom. The molecule has 0 aromatic heterocycles. The number of hydrogen-bond acceptors (Lipinski definition) is 8. The molecule has 0 aromatic rings. The Labute approximate surface area is 229 Å². The van der Waals surface area contributed by atoms with Gasteiger partial charge in [-0.1, -0.05) is 45.1 Å². The van der Waals surface area contributed by atoms with Crippen molar-refractivity contribution in [2.75, 3.05) is 14.2 Å². The number of fused-ring (bicyclic) bond motifs is 2. The molecule has 2 bridgehead atoms. The molecule has 214 valence electrons. The van der Waals surface area contributed by atoms with Gasteiger partial charge in [0.05, 0.1) is 24.0 Å². The number of carbonyl (C=O) groups excluding carboxylic acids is 4. The van der Waals surface area contributed by atoms with E-state index in [1.54, 1.807) is 33.1 Å². The minimum Gasteiger partial charge on any atom is -0.441 e. The molecule has 10 heteroatoms.